The third-order valence-electron chi connectivity index (χ3n) is 6.30. The summed E-state index contributed by atoms with van der Waals surface area (Å²) in [7, 11) is -3.29. The minimum atomic E-state index is -4.39. The standard InChI is InChI=1S/C28H28F3N3O3S/c1-4-38(36,37)23-12-7-20(8-13-23)17-32-27(35)21-9-14-24-25(16-21)34(18(2)3)26(33-24)15-19-5-10-22(11-6-19)28(29,30)31/h5-14,16,18H,4,15,17H2,1-3H3,(H,32,35). The summed E-state index contributed by atoms with van der Waals surface area (Å²) < 4.78 is 64.7. The second-order valence-electron chi connectivity index (χ2n) is 9.30. The number of halogens is 3. The Morgan fingerprint density at radius 1 is 0.974 bits per heavy atom. The predicted molar refractivity (Wildman–Crippen MR) is 140 cm³/mol. The van der Waals surface area contributed by atoms with Gasteiger partial charge in [0.25, 0.3) is 5.91 Å². The van der Waals surface area contributed by atoms with Crippen LogP contribution >= 0.6 is 0 Å². The van der Waals surface area contributed by atoms with Crippen LogP contribution in [0.3, 0.4) is 0 Å². The molecule has 4 aromatic rings. The average Bonchev–Trinajstić information content (AvgIpc) is 3.24. The number of benzene rings is 3. The van der Waals surface area contributed by atoms with Crippen molar-refractivity contribution in [2.75, 3.05) is 5.75 Å². The summed E-state index contributed by atoms with van der Waals surface area (Å²) in [5.41, 5.74) is 2.64. The summed E-state index contributed by atoms with van der Waals surface area (Å²) in [6.07, 6.45) is -4.05. The van der Waals surface area contributed by atoms with Gasteiger partial charge in [0, 0.05) is 24.6 Å². The van der Waals surface area contributed by atoms with Crippen LogP contribution in [0.15, 0.2) is 71.6 Å². The molecule has 3 aromatic carbocycles. The van der Waals surface area contributed by atoms with E-state index in [1.54, 1.807) is 37.3 Å². The molecule has 0 spiro atoms. The molecule has 1 aromatic heterocycles. The molecular weight excluding hydrogens is 515 g/mol. The zero-order valence-corrected chi connectivity index (χ0v) is 22.0. The number of amides is 1. The van der Waals surface area contributed by atoms with Gasteiger partial charge in [0.05, 0.1) is 27.2 Å². The molecule has 1 amide bonds. The zero-order chi connectivity index (χ0) is 27.7. The maximum absolute atomic E-state index is 12.9. The lowest BCUT2D eigenvalue weighted by atomic mass is 10.1. The number of carbonyl (C=O) groups excluding carboxylic acids is 1. The van der Waals surface area contributed by atoms with Crippen LogP contribution in [0.5, 0.6) is 0 Å². The first kappa shape index (κ1) is 27.4. The highest BCUT2D eigenvalue weighted by Crippen LogP contribution is 2.30. The third-order valence-corrected chi connectivity index (χ3v) is 8.05. The molecule has 0 aliphatic rings. The number of hydrogen-bond donors (Lipinski definition) is 1. The molecule has 4 rings (SSSR count). The molecule has 0 saturated heterocycles. The quantitative estimate of drug-likeness (QED) is 0.298. The Hall–Kier alpha value is -3.66. The third kappa shape index (κ3) is 5.91. The topological polar surface area (TPSA) is 81.1 Å². The molecule has 1 N–H and O–H groups in total. The van der Waals surface area contributed by atoms with E-state index in [-0.39, 0.29) is 29.1 Å². The van der Waals surface area contributed by atoms with E-state index < -0.39 is 21.6 Å². The number of imidazole rings is 1. The Balaban J connectivity index is 1.53. The van der Waals surface area contributed by atoms with Crippen LogP contribution in [0.25, 0.3) is 11.0 Å². The number of nitrogens with zero attached hydrogens (tertiary/aromatic N) is 2. The maximum atomic E-state index is 12.9. The van der Waals surface area contributed by atoms with Crippen LogP contribution in [0, 0.1) is 0 Å². The second-order valence-corrected chi connectivity index (χ2v) is 11.6. The SMILES string of the molecule is CCS(=O)(=O)c1ccc(CNC(=O)c2ccc3nc(Cc4ccc(C(F)(F)F)cc4)n(C(C)C)c3c2)cc1. The summed E-state index contributed by atoms with van der Waals surface area (Å²) in [6.45, 7) is 5.77. The molecule has 1 heterocycles. The summed E-state index contributed by atoms with van der Waals surface area (Å²) in [5, 5.41) is 2.85. The van der Waals surface area contributed by atoms with Crippen LogP contribution < -0.4 is 5.32 Å². The number of fused-ring (bicyclic) bond motifs is 1. The van der Waals surface area contributed by atoms with Crippen molar-refractivity contribution < 1.29 is 26.4 Å². The molecule has 10 heteroatoms. The molecule has 0 unspecified atom stereocenters. The average molecular weight is 544 g/mol. The number of alkyl halides is 3. The predicted octanol–water partition coefficient (Wildman–Crippen LogP) is 5.95. The molecule has 6 nitrogen and oxygen atoms in total. The van der Waals surface area contributed by atoms with Crippen molar-refractivity contribution in [2.45, 2.75) is 50.9 Å². The van der Waals surface area contributed by atoms with E-state index in [0.29, 0.717) is 28.9 Å². The van der Waals surface area contributed by atoms with Crippen molar-refractivity contribution in [1.82, 2.24) is 14.9 Å². The van der Waals surface area contributed by atoms with Gasteiger partial charge in [-0.3, -0.25) is 4.79 Å². The normalized spacial score (nSPS) is 12.3. The molecule has 0 bridgehead atoms. The fourth-order valence-corrected chi connectivity index (χ4v) is 5.13. The van der Waals surface area contributed by atoms with E-state index in [9.17, 15) is 26.4 Å². The van der Waals surface area contributed by atoms with Crippen molar-refractivity contribution in [3.63, 3.8) is 0 Å². The van der Waals surface area contributed by atoms with Gasteiger partial charge >= 0.3 is 6.18 Å². The number of nitrogens with one attached hydrogen (secondary N) is 1. The highest BCUT2D eigenvalue weighted by atomic mass is 32.2. The Labute approximate surface area is 219 Å². The number of sulfone groups is 1. The fourth-order valence-electron chi connectivity index (χ4n) is 4.24. The van der Waals surface area contributed by atoms with Gasteiger partial charge in [-0.05, 0) is 67.4 Å². The van der Waals surface area contributed by atoms with Crippen LogP contribution in [-0.4, -0.2) is 29.6 Å². The first-order valence-electron chi connectivity index (χ1n) is 12.2. The lowest BCUT2D eigenvalue weighted by molar-refractivity contribution is -0.137. The molecule has 0 atom stereocenters. The van der Waals surface area contributed by atoms with Crippen molar-refractivity contribution in [2.24, 2.45) is 0 Å². The van der Waals surface area contributed by atoms with Gasteiger partial charge < -0.3 is 9.88 Å². The minimum Gasteiger partial charge on any atom is -0.348 e. The Morgan fingerprint density at radius 2 is 1.61 bits per heavy atom. The van der Waals surface area contributed by atoms with Gasteiger partial charge in [-0.1, -0.05) is 31.2 Å². The van der Waals surface area contributed by atoms with Gasteiger partial charge in [-0.25, -0.2) is 13.4 Å². The molecule has 0 radical (unpaired) electrons. The lowest BCUT2D eigenvalue weighted by Crippen LogP contribution is -2.22. The van der Waals surface area contributed by atoms with E-state index in [0.717, 1.165) is 23.2 Å². The summed E-state index contributed by atoms with van der Waals surface area (Å²) in [4.78, 5) is 17.8. The van der Waals surface area contributed by atoms with E-state index in [1.165, 1.54) is 24.3 Å². The summed E-state index contributed by atoms with van der Waals surface area (Å²) in [6, 6.07) is 16.6. The van der Waals surface area contributed by atoms with E-state index in [4.69, 9.17) is 0 Å². The molecule has 200 valence electrons. The fraction of sp³-hybridized carbons (Fsp3) is 0.286. The van der Waals surface area contributed by atoms with Crippen molar-refractivity contribution in [1.29, 1.82) is 0 Å². The lowest BCUT2D eigenvalue weighted by Gasteiger charge is -2.14. The first-order chi connectivity index (χ1) is 17.9. The van der Waals surface area contributed by atoms with E-state index in [1.807, 2.05) is 18.4 Å². The Bertz CT molecular complexity index is 1560. The smallest absolute Gasteiger partial charge is 0.348 e. The zero-order valence-electron chi connectivity index (χ0n) is 21.2. The first-order valence-corrected chi connectivity index (χ1v) is 13.8. The largest absolute Gasteiger partial charge is 0.416 e. The monoisotopic (exact) mass is 543 g/mol. The molecule has 0 saturated carbocycles. The highest BCUT2D eigenvalue weighted by molar-refractivity contribution is 7.91. The molecule has 38 heavy (non-hydrogen) atoms. The molecule has 0 aliphatic heterocycles. The van der Waals surface area contributed by atoms with E-state index in [2.05, 4.69) is 10.3 Å². The van der Waals surface area contributed by atoms with Gasteiger partial charge in [-0.15, -0.1) is 0 Å². The number of carbonyl (C=O) groups is 1. The summed E-state index contributed by atoms with van der Waals surface area (Å²) >= 11 is 0. The number of hydrogen-bond acceptors (Lipinski definition) is 4. The van der Waals surface area contributed by atoms with Crippen molar-refractivity contribution in [3.8, 4) is 0 Å². The summed E-state index contributed by atoms with van der Waals surface area (Å²) in [5.74, 6) is 0.414. The number of aromatic nitrogens is 2. The van der Waals surface area contributed by atoms with Gasteiger partial charge in [0.1, 0.15) is 5.82 Å². The maximum Gasteiger partial charge on any atom is 0.416 e. The van der Waals surface area contributed by atoms with Crippen molar-refractivity contribution in [3.05, 3.63) is 94.8 Å². The van der Waals surface area contributed by atoms with Crippen LogP contribution in [0.4, 0.5) is 13.2 Å². The van der Waals surface area contributed by atoms with Crippen LogP contribution in [-0.2, 0) is 29.0 Å². The molecule has 0 fully saturated rings. The van der Waals surface area contributed by atoms with Crippen molar-refractivity contribution >= 4 is 26.8 Å². The van der Waals surface area contributed by atoms with Gasteiger partial charge in [0.15, 0.2) is 9.84 Å². The van der Waals surface area contributed by atoms with Crippen LogP contribution in [0.2, 0.25) is 0 Å². The highest BCUT2D eigenvalue weighted by Gasteiger charge is 2.30. The Kier molecular flexibility index (Phi) is 7.64. The second kappa shape index (κ2) is 10.6. The number of rotatable bonds is 8. The van der Waals surface area contributed by atoms with Gasteiger partial charge in [0.2, 0.25) is 0 Å². The molecular formula is C28H28F3N3O3S. The van der Waals surface area contributed by atoms with Crippen LogP contribution in [0.1, 0.15) is 59.7 Å². The minimum absolute atomic E-state index is 0.000624. The van der Waals surface area contributed by atoms with Gasteiger partial charge in [-0.2, -0.15) is 13.2 Å². The Morgan fingerprint density at radius 3 is 2.18 bits per heavy atom. The van der Waals surface area contributed by atoms with E-state index >= 15 is 0 Å². The molecule has 0 aliphatic carbocycles.